The third-order valence-corrected chi connectivity index (χ3v) is 3.03. The smallest absolute Gasteiger partial charge is 0.251 e. The molecule has 0 aliphatic rings. The molecule has 3 N–H and O–H groups in total. The lowest BCUT2D eigenvalue weighted by Gasteiger charge is -2.07. The summed E-state index contributed by atoms with van der Waals surface area (Å²) in [5, 5.41) is 2.62. The summed E-state index contributed by atoms with van der Waals surface area (Å²) in [4.78, 5) is 11.8. The molecular weight excluding hydrogens is 274 g/mol. The van der Waals surface area contributed by atoms with Crippen molar-refractivity contribution >= 4 is 5.91 Å². The van der Waals surface area contributed by atoms with E-state index < -0.39 is 17.5 Å². The van der Waals surface area contributed by atoms with Crippen LogP contribution in [0.15, 0.2) is 42.5 Å². The standard InChI is InChI=1S/C16H16F2N2O/c17-14-7-13(8-15(18)9-14)16(21)20-10-12-3-1-11(2-4-12)5-6-19/h1-4,7-9H,5-6,10,19H2,(H,20,21). The molecule has 2 aromatic rings. The van der Waals surface area contributed by atoms with Crippen LogP contribution in [0, 0.1) is 11.6 Å². The van der Waals surface area contributed by atoms with E-state index in [0.29, 0.717) is 13.1 Å². The molecule has 0 aliphatic heterocycles. The second-order valence-corrected chi connectivity index (χ2v) is 4.70. The number of carbonyl (C=O) groups is 1. The van der Waals surface area contributed by atoms with Gasteiger partial charge in [0.2, 0.25) is 0 Å². The molecule has 1 amide bonds. The number of hydrogen-bond acceptors (Lipinski definition) is 2. The van der Waals surface area contributed by atoms with Crippen LogP contribution >= 0.6 is 0 Å². The number of halogens is 2. The predicted molar refractivity (Wildman–Crippen MR) is 76.7 cm³/mol. The van der Waals surface area contributed by atoms with Gasteiger partial charge in [0.1, 0.15) is 11.6 Å². The van der Waals surface area contributed by atoms with Crippen molar-refractivity contribution in [1.82, 2.24) is 5.32 Å². The molecule has 0 radical (unpaired) electrons. The highest BCUT2D eigenvalue weighted by Gasteiger charge is 2.08. The van der Waals surface area contributed by atoms with Gasteiger partial charge in [0.15, 0.2) is 0 Å². The number of carbonyl (C=O) groups excluding carboxylic acids is 1. The number of hydrogen-bond donors (Lipinski definition) is 2. The van der Waals surface area contributed by atoms with Gasteiger partial charge in [-0.25, -0.2) is 8.78 Å². The highest BCUT2D eigenvalue weighted by Crippen LogP contribution is 2.09. The van der Waals surface area contributed by atoms with Crippen molar-refractivity contribution < 1.29 is 13.6 Å². The zero-order valence-corrected chi connectivity index (χ0v) is 11.4. The average Bonchev–Trinajstić information content (AvgIpc) is 2.45. The Morgan fingerprint density at radius 3 is 2.14 bits per heavy atom. The fourth-order valence-electron chi connectivity index (χ4n) is 1.96. The van der Waals surface area contributed by atoms with Crippen molar-refractivity contribution in [2.24, 2.45) is 5.73 Å². The quantitative estimate of drug-likeness (QED) is 0.888. The number of nitrogens with two attached hydrogens (primary N) is 1. The monoisotopic (exact) mass is 290 g/mol. The van der Waals surface area contributed by atoms with Gasteiger partial charge in [0.05, 0.1) is 0 Å². The summed E-state index contributed by atoms with van der Waals surface area (Å²) in [5.74, 6) is -2.06. The summed E-state index contributed by atoms with van der Waals surface area (Å²) in [6.07, 6.45) is 0.801. The zero-order valence-electron chi connectivity index (χ0n) is 11.4. The SMILES string of the molecule is NCCc1ccc(CNC(=O)c2cc(F)cc(F)c2)cc1. The predicted octanol–water partition coefficient (Wildman–Crippen LogP) is 2.40. The minimum absolute atomic E-state index is 0.0350. The molecule has 3 nitrogen and oxygen atoms in total. The second-order valence-electron chi connectivity index (χ2n) is 4.70. The molecule has 2 rings (SSSR count). The largest absolute Gasteiger partial charge is 0.348 e. The van der Waals surface area contributed by atoms with Gasteiger partial charge < -0.3 is 11.1 Å². The van der Waals surface area contributed by atoms with Gasteiger partial charge in [-0.15, -0.1) is 0 Å². The summed E-state index contributed by atoms with van der Waals surface area (Å²) in [6.45, 7) is 0.876. The van der Waals surface area contributed by atoms with Crippen LogP contribution in [0.3, 0.4) is 0 Å². The minimum Gasteiger partial charge on any atom is -0.348 e. The molecule has 110 valence electrons. The fraction of sp³-hybridized carbons (Fsp3) is 0.188. The highest BCUT2D eigenvalue weighted by atomic mass is 19.1. The third-order valence-electron chi connectivity index (χ3n) is 3.03. The van der Waals surface area contributed by atoms with Crippen LogP contribution in [0.1, 0.15) is 21.5 Å². The molecule has 0 aromatic heterocycles. The first-order valence-electron chi connectivity index (χ1n) is 6.60. The maximum atomic E-state index is 13.0. The maximum Gasteiger partial charge on any atom is 0.251 e. The Kier molecular flexibility index (Phi) is 5.00. The van der Waals surface area contributed by atoms with Crippen LogP contribution in [0.2, 0.25) is 0 Å². The van der Waals surface area contributed by atoms with Crippen molar-refractivity contribution in [2.45, 2.75) is 13.0 Å². The van der Waals surface area contributed by atoms with Gasteiger partial charge in [-0.1, -0.05) is 24.3 Å². The summed E-state index contributed by atoms with van der Waals surface area (Å²) in [6, 6.07) is 10.4. The molecule has 0 aliphatic carbocycles. The topological polar surface area (TPSA) is 55.1 Å². The number of benzene rings is 2. The summed E-state index contributed by atoms with van der Waals surface area (Å²) in [7, 11) is 0. The van der Waals surface area contributed by atoms with E-state index in [1.54, 1.807) is 0 Å². The first-order chi connectivity index (χ1) is 10.1. The second kappa shape index (κ2) is 6.95. The normalized spacial score (nSPS) is 10.4. The van der Waals surface area contributed by atoms with Crippen molar-refractivity contribution in [3.63, 3.8) is 0 Å². The van der Waals surface area contributed by atoms with Crippen molar-refractivity contribution in [3.05, 3.63) is 70.8 Å². The van der Waals surface area contributed by atoms with E-state index in [4.69, 9.17) is 5.73 Å². The van der Waals surface area contributed by atoms with E-state index in [1.165, 1.54) is 0 Å². The Morgan fingerprint density at radius 1 is 1.00 bits per heavy atom. The molecule has 0 bridgehead atoms. The average molecular weight is 290 g/mol. The Labute approximate surface area is 121 Å². The molecular formula is C16H16F2N2O. The lowest BCUT2D eigenvalue weighted by molar-refractivity contribution is 0.0950. The van der Waals surface area contributed by atoms with Crippen LogP contribution in [0.5, 0.6) is 0 Å². The maximum absolute atomic E-state index is 13.0. The molecule has 2 aromatic carbocycles. The van der Waals surface area contributed by atoms with E-state index >= 15 is 0 Å². The summed E-state index contributed by atoms with van der Waals surface area (Å²) >= 11 is 0. The highest BCUT2D eigenvalue weighted by molar-refractivity contribution is 5.94. The van der Waals surface area contributed by atoms with Gasteiger partial charge in [-0.2, -0.15) is 0 Å². The molecule has 0 fully saturated rings. The third kappa shape index (κ3) is 4.36. The van der Waals surface area contributed by atoms with Gasteiger partial charge in [0, 0.05) is 18.2 Å². The fourth-order valence-corrected chi connectivity index (χ4v) is 1.96. The van der Waals surface area contributed by atoms with Crippen LogP contribution in [0.4, 0.5) is 8.78 Å². The Balaban J connectivity index is 1.97. The Bertz CT molecular complexity index is 606. The molecule has 0 atom stereocenters. The Morgan fingerprint density at radius 2 is 1.57 bits per heavy atom. The first-order valence-corrected chi connectivity index (χ1v) is 6.60. The first kappa shape index (κ1) is 15.1. The van der Waals surface area contributed by atoms with E-state index in [9.17, 15) is 13.6 Å². The lowest BCUT2D eigenvalue weighted by Crippen LogP contribution is -2.23. The molecule has 0 saturated carbocycles. The zero-order chi connectivity index (χ0) is 15.2. The summed E-state index contributed by atoms with van der Waals surface area (Å²) in [5.41, 5.74) is 7.46. The van der Waals surface area contributed by atoms with Crippen LogP contribution < -0.4 is 11.1 Å². The number of nitrogens with one attached hydrogen (secondary N) is 1. The Hall–Kier alpha value is -2.27. The van der Waals surface area contributed by atoms with E-state index in [0.717, 1.165) is 35.7 Å². The van der Waals surface area contributed by atoms with Crippen molar-refractivity contribution in [2.75, 3.05) is 6.54 Å². The van der Waals surface area contributed by atoms with Crippen LogP contribution in [0.25, 0.3) is 0 Å². The van der Waals surface area contributed by atoms with Crippen LogP contribution in [-0.4, -0.2) is 12.5 Å². The van der Waals surface area contributed by atoms with Gasteiger partial charge >= 0.3 is 0 Å². The van der Waals surface area contributed by atoms with E-state index in [1.807, 2.05) is 24.3 Å². The van der Waals surface area contributed by atoms with E-state index in [-0.39, 0.29) is 5.56 Å². The molecule has 21 heavy (non-hydrogen) atoms. The van der Waals surface area contributed by atoms with E-state index in [2.05, 4.69) is 5.32 Å². The van der Waals surface area contributed by atoms with Gasteiger partial charge in [0.25, 0.3) is 5.91 Å². The molecule has 0 saturated heterocycles. The number of rotatable bonds is 5. The molecule has 0 heterocycles. The molecule has 0 spiro atoms. The van der Waals surface area contributed by atoms with Gasteiger partial charge in [-0.3, -0.25) is 4.79 Å². The minimum atomic E-state index is -0.772. The van der Waals surface area contributed by atoms with Crippen molar-refractivity contribution in [1.29, 1.82) is 0 Å². The summed E-state index contributed by atoms with van der Waals surface area (Å²) < 4.78 is 26.1. The van der Waals surface area contributed by atoms with Crippen molar-refractivity contribution in [3.8, 4) is 0 Å². The lowest BCUT2D eigenvalue weighted by atomic mass is 10.1. The molecule has 5 heteroatoms. The van der Waals surface area contributed by atoms with Crippen LogP contribution in [-0.2, 0) is 13.0 Å². The molecule has 0 unspecified atom stereocenters. The number of amides is 1. The van der Waals surface area contributed by atoms with Gasteiger partial charge in [-0.05, 0) is 36.2 Å².